The van der Waals surface area contributed by atoms with Gasteiger partial charge in [0.05, 0.1) is 42.2 Å². The maximum Gasteiger partial charge on any atom is 0.333 e. The third-order valence-electron chi connectivity index (χ3n) is 22.6. The number of carbonyl (C=O) groups excluding carboxylic acids is 3. The zero-order valence-electron chi connectivity index (χ0n) is 59.4. The van der Waals surface area contributed by atoms with Crippen LogP contribution in [0.1, 0.15) is 240 Å². The highest BCUT2D eigenvalue weighted by Gasteiger charge is 2.57. The first-order chi connectivity index (χ1) is 46.8. The van der Waals surface area contributed by atoms with Gasteiger partial charge in [-0.2, -0.15) is 9.15 Å². The minimum atomic E-state index is -4.46. The Hall–Kier alpha value is -7.20. The second kappa shape index (κ2) is 27.6. The van der Waals surface area contributed by atoms with Crippen molar-refractivity contribution in [3.63, 3.8) is 0 Å². The molecule has 2 amide bonds. The lowest BCUT2D eigenvalue weighted by Gasteiger charge is -2.49. The van der Waals surface area contributed by atoms with E-state index in [1.54, 1.807) is 0 Å². The molecular formula is C78H99N5O14S2. The number of anilines is 2. The Morgan fingerprint density at radius 2 is 1.02 bits per heavy atom. The van der Waals surface area contributed by atoms with Crippen LogP contribution < -0.4 is 19.3 Å². The van der Waals surface area contributed by atoms with E-state index in [9.17, 15) is 45.1 Å². The van der Waals surface area contributed by atoms with Gasteiger partial charge in [-0.3, -0.25) is 14.4 Å². The van der Waals surface area contributed by atoms with Crippen molar-refractivity contribution in [3.05, 3.63) is 116 Å². The summed E-state index contributed by atoms with van der Waals surface area (Å²) in [6, 6.07) is 21.7. The van der Waals surface area contributed by atoms with Crippen LogP contribution in [0.3, 0.4) is 0 Å². The number of aryl methyl sites for hydroxylation is 2. The number of nitrogens with zero attached hydrogens (tertiary/aromatic N) is 5. The first kappa shape index (κ1) is 71.6. The highest BCUT2D eigenvalue weighted by atomic mass is 32.2. The molecule has 9 heterocycles. The summed E-state index contributed by atoms with van der Waals surface area (Å²) in [6.45, 7) is 25.1. The number of carboxylic acid groups (broad SMARTS) is 1. The number of ether oxygens (including phenoxy) is 2. The molecule has 0 saturated carbocycles. The van der Waals surface area contributed by atoms with Crippen molar-refractivity contribution < 1.29 is 73.7 Å². The topological polar surface area (TPSA) is 246 Å². The summed E-state index contributed by atoms with van der Waals surface area (Å²) in [6.07, 6.45) is 18.0. The Bertz CT molecular complexity index is 4280. The quantitative estimate of drug-likeness (QED) is 0.0314. The molecule has 1 saturated heterocycles. The van der Waals surface area contributed by atoms with Crippen LogP contribution in [0.15, 0.2) is 71.8 Å². The number of hydrogen-bond donors (Lipinski definition) is 1. The summed E-state index contributed by atoms with van der Waals surface area (Å²) < 4.78 is 91.5. The number of fused-ring (bicyclic) bond motifs is 12. The predicted molar refractivity (Wildman–Crippen MR) is 381 cm³/mol. The molecule has 21 heteroatoms. The fraction of sp³-hybridized carbons (Fsp3) is 0.564. The van der Waals surface area contributed by atoms with Gasteiger partial charge in [-0.25, -0.2) is 21.6 Å². The summed E-state index contributed by atoms with van der Waals surface area (Å²) in [5, 5.41) is 9.75. The van der Waals surface area contributed by atoms with Crippen molar-refractivity contribution in [3.8, 4) is 11.5 Å². The van der Waals surface area contributed by atoms with E-state index < -0.39 is 67.3 Å². The van der Waals surface area contributed by atoms with Gasteiger partial charge in [0.2, 0.25) is 11.4 Å². The number of hydroxylamine groups is 2. The van der Waals surface area contributed by atoms with E-state index in [1.165, 1.54) is 45.1 Å². The normalized spacial score (nSPS) is 24.3. The van der Waals surface area contributed by atoms with E-state index in [0.717, 1.165) is 160 Å². The Balaban J connectivity index is 0.000000190. The molecule has 13 rings (SSSR count). The van der Waals surface area contributed by atoms with Crippen LogP contribution in [0, 0.1) is 13.8 Å². The molecule has 19 nitrogen and oxygen atoms in total. The number of rotatable bonds is 23. The SMILES string of the molecule is CCCCN1c2cc3c(cc2C(CS(=O)(=O)[O-])CC1(C)C)C=C1C2=[N+](CCC1O3)c1ccc(C)cc1C2(C)CCCCCC(=O)O.CCCCN1c2cc3c(cc2C(CS(=O)(=O)[O-])CC1(C)C)C=C1C2=[N+](CCC1O3)c1ccc(C)cc1C2(C)CCCCCC(=O)ON1C(=O)CCC1=O. The summed E-state index contributed by atoms with van der Waals surface area (Å²) in [7, 11) is -8.89. The maximum atomic E-state index is 12.4. The minimum absolute atomic E-state index is 0.0693. The predicted octanol–water partition coefficient (Wildman–Crippen LogP) is 13.6. The number of carbonyl (C=O) groups is 4. The molecule has 6 atom stereocenters. The van der Waals surface area contributed by atoms with Gasteiger partial charge in [-0.15, -0.1) is 5.06 Å². The number of hydrogen-bond acceptors (Lipinski definition) is 15. The van der Waals surface area contributed by atoms with Crippen LogP contribution >= 0.6 is 0 Å². The average Bonchev–Trinajstić information content (AvgIpc) is 1.61. The molecule has 6 unspecified atom stereocenters. The average molecular weight is 1390 g/mol. The molecule has 532 valence electrons. The molecule has 0 aliphatic carbocycles. The van der Waals surface area contributed by atoms with Gasteiger partial charge in [0.1, 0.15) is 23.7 Å². The Kier molecular flexibility index (Phi) is 20.0. The van der Waals surface area contributed by atoms with E-state index in [0.29, 0.717) is 30.7 Å². The van der Waals surface area contributed by atoms with Gasteiger partial charge in [0.15, 0.2) is 24.5 Å². The van der Waals surface area contributed by atoms with Crippen molar-refractivity contribution in [1.82, 2.24) is 5.06 Å². The third-order valence-corrected chi connectivity index (χ3v) is 24.2. The Labute approximate surface area is 584 Å². The largest absolute Gasteiger partial charge is 0.748 e. The zero-order valence-corrected chi connectivity index (χ0v) is 61.1. The summed E-state index contributed by atoms with van der Waals surface area (Å²) in [5.74, 6) is -2.34. The lowest BCUT2D eigenvalue weighted by Crippen LogP contribution is -2.50. The van der Waals surface area contributed by atoms with Gasteiger partial charge in [0, 0.05) is 144 Å². The first-order valence-electron chi connectivity index (χ1n) is 36.2. The maximum absolute atomic E-state index is 12.4. The molecule has 0 radical (unpaired) electrons. The van der Waals surface area contributed by atoms with E-state index in [-0.39, 0.29) is 59.8 Å². The highest BCUT2D eigenvalue weighted by molar-refractivity contribution is 7.86. The van der Waals surface area contributed by atoms with Crippen LogP contribution in [0.4, 0.5) is 22.7 Å². The minimum Gasteiger partial charge on any atom is -0.748 e. The van der Waals surface area contributed by atoms with Crippen molar-refractivity contribution in [1.29, 1.82) is 0 Å². The molecule has 0 bridgehead atoms. The fourth-order valence-corrected chi connectivity index (χ4v) is 19.6. The smallest absolute Gasteiger partial charge is 0.333 e. The van der Waals surface area contributed by atoms with Gasteiger partial charge < -0.3 is 38.3 Å². The number of aliphatic carboxylic acids is 1. The van der Waals surface area contributed by atoms with Crippen molar-refractivity contribution in [2.75, 3.05) is 47.5 Å². The lowest BCUT2D eigenvalue weighted by atomic mass is 9.71. The molecule has 4 aromatic rings. The standard InChI is InChI=1S/C41H51N3O8S.C37H48N2O6S/c1-6-7-18-43-33-23-35-27(21-29(33)28(24-40(43,3)4)25-53(48,49)50)22-30-34(51-35)16-19-42-32-13-12-26(2)20-31(32)41(5,39(30)42)17-10-8-9-11-38(47)52-44-36(45)14-15-37(44)46;1-6-7-16-39-31-21-33-25(19-27(31)26(22-36(39,3)4)23-46(42,43)44)20-28-32(45-33)14-17-38-30-13-12-24(2)18-29(30)37(5,35(28)38)15-10-8-9-11-34(40)41/h12-13,20-23,28,34H,6-11,14-19,24-25H2,1-5H3;12-13,18-21,26,32H,6-11,14-17,22-23H2,1-5H3,(H-,40,41,42,43,44). The van der Waals surface area contributed by atoms with Crippen molar-refractivity contribution in [2.24, 2.45) is 0 Å². The number of carboxylic acids is 1. The molecule has 0 spiro atoms. The number of unbranched alkanes of at least 4 members (excludes halogenated alkanes) is 6. The summed E-state index contributed by atoms with van der Waals surface area (Å²) >= 11 is 0. The van der Waals surface area contributed by atoms with E-state index >= 15 is 0 Å². The summed E-state index contributed by atoms with van der Waals surface area (Å²) in [4.78, 5) is 57.1. The number of imide groups is 1. The van der Waals surface area contributed by atoms with Gasteiger partial charge >= 0.3 is 11.9 Å². The van der Waals surface area contributed by atoms with Gasteiger partial charge in [-0.05, 0) is 154 Å². The van der Waals surface area contributed by atoms with E-state index in [1.807, 2.05) is 0 Å². The third kappa shape index (κ3) is 14.3. The van der Waals surface area contributed by atoms with Gasteiger partial charge in [-0.1, -0.05) is 75.6 Å². The molecule has 1 N–H and O–H groups in total. The molecule has 0 aromatic heterocycles. The monoisotopic (exact) mass is 1390 g/mol. The molecule has 4 aromatic carbocycles. The van der Waals surface area contributed by atoms with Crippen LogP contribution in [-0.4, -0.2) is 141 Å². The Morgan fingerprint density at radius 3 is 1.42 bits per heavy atom. The number of amides is 2. The molecule has 99 heavy (non-hydrogen) atoms. The van der Waals surface area contributed by atoms with Crippen molar-refractivity contribution in [2.45, 2.75) is 244 Å². The van der Waals surface area contributed by atoms with Crippen molar-refractivity contribution >= 4 is 90.3 Å². The van der Waals surface area contributed by atoms with Crippen LogP contribution in [0.5, 0.6) is 11.5 Å². The molecule has 9 aliphatic rings. The number of benzene rings is 4. The fourth-order valence-electron chi connectivity index (χ4n) is 18.0. The summed E-state index contributed by atoms with van der Waals surface area (Å²) in [5.41, 5.74) is 16.5. The van der Waals surface area contributed by atoms with E-state index in [2.05, 4.69) is 161 Å². The van der Waals surface area contributed by atoms with E-state index in [4.69, 9.17) is 19.4 Å². The van der Waals surface area contributed by atoms with Crippen LogP contribution in [0.2, 0.25) is 0 Å². The highest BCUT2D eigenvalue weighted by Crippen LogP contribution is 2.55. The Morgan fingerprint density at radius 1 is 0.596 bits per heavy atom. The molecule has 1 fully saturated rings. The molecular weight excluding hydrogens is 1300 g/mol. The first-order valence-corrected chi connectivity index (χ1v) is 39.3. The van der Waals surface area contributed by atoms with Crippen LogP contribution in [-0.2, 0) is 55.1 Å². The second-order valence-corrected chi connectivity index (χ2v) is 33.9. The molecule has 9 aliphatic heterocycles. The lowest BCUT2D eigenvalue weighted by molar-refractivity contribution is -0.444. The van der Waals surface area contributed by atoms with Gasteiger partial charge in [0.25, 0.3) is 11.8 Å². The van der Waals surface area contributed by atoms with Crippen LogP contribution in [0.25, 0.3) is 12.2 Å². The second-order valence-electron chi connectivity index (χ2n) is 31.0. The zero-order chi connectivity index (χ0) is 70.9.